The third-order valence-electron chi connectivity index (χ3n) is 5.87. The number of anilines is 1. The van der Waals surface area contributed by atoms with Gasteiger partial charge >= 0.3 is 5.97 Å². The Morgan fingerprint density at radius 2 is 1.52 bits per heavy atom. The molecule has 40 heavy (non-hydrogen) atoms. The first-order valence-corrected chi connectivity index (χ1v) is 14.8. The molecule has 0 spiro atoms. The first-order valence-electron chi connectivity index (χ1n) is 13.3. The maximum atomic E-state index is 11.6. The number of esters is 1. The lowest BCUT2D eigenvalue weighted by molar-refractivity contribution is -0.384. The van der Waals surface area contributed by atoms with Gasteiger partial charge in [-0.3, -0.25) is 24.7 Å². The van der Waals surface area contributed by atoms with Crippen LogP contribution in [0.1, 0.15) is 27.2 Å². The third-order valence-corrected chi connectivity index (χ3v) is 6.78. The SMILES string of the molecule is CC(C)(C)OC(=O)CCOCCOCCOCCN1CCN(CCNc2ccc(S(N)(=O)=O)cc2[N+](=O)[O-])CC1. The molecule has 1 aliphatic heterocycles. The molecule has 2 rings (SSSR count). The number of carbonyl (C=O) groups is 1. The van der Waals surface area contributed by atoms with Crippen molar-refractivity contribution in [2.75, 3.05) is 90.8 Å². The first-order chi connectivity index (χ1) is 18.8. The minimum atomic E-state index is -4.02. The number of hydrogen-bond donors (Lipinski definition) is 2. The van der Waals surface area contributed by atoms with Gasteiger partial charge in [0.2, 0.25) is 10.0 Å². The lowest BCUT2D eigenvalue weighted by Crippen LogP contribution is -2.48. The molecular weight excluding hydrogens is 546 g/mol. The van der Waals surface area contributed by atoms with Gasteiger partial charge in [-0.15, -0.1) is 0 Å². The zero-order valence-corrected chi connectivity index (χ0v) is 24.4. The number of piperazine rings is 1. The summed E-state index contributed by atoms with van der Waals surface area (Å²) >= 11 is 0. The summed E-state index contributed by atoms with van der Waals surface area (Å²) in [5.74, 6) is -0.277. The number of nitrogens with zero attached hydrogens (tertiary/aromatic N) is 3. The fourth-order valence-corrected chi connectivity index (χ4v) is 4.39. The fraction of sp³-hybridized carbons (Fsp3) is 0.720. The molecule has 0 unspecified atom stereocenters. The normalized spacial score (nSPS) is 15.2. The average molecular weight is 590 g/mol. The van der Waals surface area contributed by atoms with Crippen LogP contribution in [0.4, 0.5) is 11.4 Å². The molecule has 0 bridgehead atoms. The third kappa shape index (κ3) is 13.8. The van der Waals surface area contributed by atoms with Crippen LogP contribution in [0.15, 0.2) is 23.1 Å². The second-order valence-electron chi connectivity index (χ2n) is 10.3. The van der Waals surface area contributed by atoms with Crippen LogP contribution >= 0.6 is 0 Å². The van der Waals surface area contributed by atoms with E-state index in [1.807, 2.05) is 20.8 Å². The maximum Gasteiger partial charge on any atom is 0.308 e. The zero-order valence-electron chi connectivity index (χ0n) is 23.6. The molecule has 0 aliphatic carbocycles. The van der Waals surface area contributed by atoms with Crippen molar-refractivity contribution < 1.29 is 37.1 Å². The van der Waals surface area contributed by atoms with Crippen LogP contribution in [0.2, 0.25) is 0 Å². The monoisotopic (exact) mass is 589 g/mol. The topological polar surface area (TPSA) is 176 Å². The highest BCUT2D eigenvalue weighted by atomic mass is 32.2. The highest BCUT2D eigenvalue weighted by Gasteiger charge is 2.20. The van der Waals surface area contributed by atoms with Gasteiger partial charge < -0.3 is 24.3 Å². The second kappa shape index (κ2) is 16.8. The van der Waals surface area contributed by atoms with Gasteiger partial charge in [0.05, 0.1) is 55.9 Å². The van der Waals surface area contributed by atoms with Gasteiger partial charge in [0.25, 0.3) is 5.69 Å². The average Bonchev–Trinajstić information content (AvgIpc) is 2.86. The molecule has 15 heteroatoms. The zero-order chi connectivity index (χ0) is 29.6. The standard InChI is InChI=1S/C25H43N5O9S/c1-25(2,3)39-24(31)6-14-36-16-18-38-19-17-37-15-13-29-11-9-28(10-12-29)8-7-27-22-5-4-21(40(26,34)35)20-23(22)30(32)33/h4-5,20,27H,6-19H2,1-3H3,(H2,26,34,35). The number of carbonyl (C=O) groups excluding carboxylic acids is 1. The molecule has 0 aromatic heterocycles. The van der Waals surface area contributed by atoms with Crippen LogP contribution in [0, 0.1) is 10.1 Å². The van der Waals surface area contributed by atoms with Gasteiger partial charge in [-0.25, -0.2) is 13.6 Å². The molecule has 1 fully saturated rings. The number of sulfonamides is 1. The summed E-state index contributed by atoms with van der Waals surface area (Å²) < 4.78 is 44.7. The van der Waals surface area contributed by atoms with Gasteiger partial charge in [-0.1, -0.05) is 0 Å². The summed E-state index contributed by atoms with van der Waals surface area (Å²) in [6.45, 7) is 13.7. The Morgan fingerprint density at radius 3 is 2.08 bits per heavy atom. The van der Waals surface area contributed by atoms with Crippen molar-refractivity contribution in [3.05, 3.63) is 28.3 Å². The number of nitro groups is 1. The Bertz CT molecular complexity index is 1040. The molecule has 1 aliphatic rings. The van der Waals surface area contributed by atoms with Crippen molar-refractivity contribution in [3.63, 3.8) is 0 Å². The van der Waals surface area contributed by atoms with E-state index in [0.29, 0.717) is 52.7 Å². The predicted octanol–water partition coefficient (Wildman–Crippen LogP) is 1.05. The molecule has 1 saturated heterocycles. The molecule has 3 N–H and O–H groups in total. The molecule has 0 radical (unpaired) electrons. The molecule has 0 amide bonds. The van der Waals surface area contributed by atoms with E-state index in [1.54, 1.807) is 0 Å². The highest BCUT2D eigenvalue weighted by Crippen LogP contribution is 2.27. The summed E-state index contributed by atoms with van der Waals surface area (Å²) in [5.41, 5.74) is -0.563. The van der Waals surface area contributed by atoms with E-state index in [0.717, 1.165) is 38.8 Å². The number of nitrogens with one attached hydrogen (secondary N) is 1. The fourth-order valence-electron chi connectivity index (χ4n) is 3.86. The largest absolute Gasteiger partial charge is 0.460 e. The van der Waals surface area contributed by atoms with Gasteiger partial charge in [0.1, 0.15) is 11.3 Å². The predicted molar refractivity (Wildman–Crippen MR) is 149 cm³/mol. The summed E-state index contributed by atoms with van der Waals surface area (Å²) in [5, 5.41) is 19.4. The van der Waals surface area contributed by atoms with E-state index in [4.69, 9.17) is 24.1 Å². The van der Waals surface area contributed by atoms with Gasteiger partial charge in [-0.2, -0.15) is 0 Å². The molecule has 0 atom stereocenters. The van der Waals surface area contributed by atoms with Crippen LogP contribution in [0.3, 0.4) is 0 Å². The van der Waals surface area contributed by atoms with Crippen LogP contribution < -0.4 is 10.5 Å². The number of hydrogen-bond acceptors (Lipinski definition) is 12. The van der Waals surface area contributed by atoms with E-state index in [-0.39, 0.29) is 28.7 Å². The Kier molecular flexibility index (Phi) is 14.2. The first kappa shape index (κ1) is 33.8. The van der Waals surface area contributed by atoms with Gasteiger partial charge in [0.15, 0.2) is 0 Å². The van der Waals surface area contributed by atoms with Crippen LogP contribution in [0.5, 0.6) is 0 Å². The van der Waals surface area contributed by atoms with Crippen molar-refractivity contribution in [2.45, 2.75) is 37.7 Å². The number of ether oxygens (including phenoxy) is 4. The van der Waals surface area contributed by atoms with E-state index < -0.39 is 20.5 Å². The highest BCUT2D eigenvalue weighted by molar-refractivity contribution is 7.89. The molecular formula is C25H43N5O9S. The Morgan fingerprint density at radius 1 is 0.975 bits per heavy atom. The molecule has 228 valence electrons. The van der Waals surface area contributed by atoms with E-state index in [1.165, 1.54) is 12.1 Å². The van der Waals surface area contributed by atoms with Crippen molar-refractivity contribution in [3.8, 4) is 0 Å². The van der Waals surface area contributed by atoms with Crippen molar-refractivity contribution in [1.29, 1.82) is 0 Å². The van der Waals surface area contributed by atoms with E-state index in [9.17, 15) is 23.3 Å². The number of primary sulfonamides is 1. The Balaban J connectivity index is 1.48. The summed E-state index contributed by atoms with van der Waals surface area (Å²) in [6.07, 6.45) is 0.218. The number of nitrogens with two attached hydrogens (primary N) is 1. The lowest BCUT2D eigenvalue weighted by Gasteiger charge is -2.34. The van der Waals surface area contributed by atoms with E-state index in [2.05, 4.69) is 15.1 Å². The van der Waals surface area contributed by atoms with Crippen LogP contribution in [-0.4, -0.2) is 120 Å². The number of rotatable bonds is 18. The summed E-state index contributed by atoms with van der Waals surface area (Å²) in [4.78, 5) is 26.6. The molecule has 1 aromatic carbocycles. The van der Waals surface area contributed by atoms with Crippen molar-refractivity contribution in [1.82, 2.24) is 9.80 Å². The summed E-state index contributed by atoms with van der Waals surface area (Å²) in [6, 6.07) is 3.59. The smallest absolute Gasteiger partial charge is 0.308 e. The van der Waals surface area contributed by atoms with Gasteiger partial charge in [0, 0.05) is 51.9 Å². The Hall–Kier alpha value is -2.40. The minimum Gasteiger partial charge on any atom is -0.460 e. The molecule has 0 saturated carbocycles. The van der Waals surface area contributed by atoms with E-state index >= 15 is 0 Å². The minimum absolute atomic E-state index is 0.218. The van der Waals surface area contributed by atoms with Crippen molar-refractivity contribution in [2.24, 2.45) is 5.14 Å². The maximum absolute atomic E-state index is 11.6. The molecule has 1 heterocycles. The second-order valence-corrected chi connectivity index (χ2v) is 11.8. The lowest BCUT2D eigenvalue weighted by atomic mass is 10.2. The quantitative estimate of drug-likeness (QED) is 0.108. The van der Waals surface area contributed by atoms with Crippen LogP contribution in [-0.2, 0) is 33.8 Å². The molecule has 1 aromatic rings. The van der Waals surface area contributed by atoms with Gasteiger partial charge in [-0.05, 0) is 32.9 Å². The number of benzene rings is 1. The molecule has 14 nitrogen and oxygen atoms in total. The Labute approximate surface area is 236 Å². The number of nitro benzene ring substituents is 1. The summed E-state index contributed by atoms with van der Waals surface area (Å²) in [7, 11) is -4.02. The van der Waals surface area contributed by atoms with Crippen molar-refractivity contribution >= 4 is 27.4 Å². The van der Waals surface area contributed by atoms with Crippen LogP contribution in [0.25, 0.3) is 0 Å².